The molecule has 2 aromatic rings. The number of morpholine rings is 1. The Morgan fingerprint density at radius 1 is 1.12 bits per heavy atom. The first-order chi connectivity index (χ1) is 12.7. The zero-order valence-electron chi connectivity index (χ0n) is 15.5. The summed E-state index contributed by atoms with van der Waals surface area (Å²) in [5.41, 5.74) is 4.19. The topological polar surface area (TPSA) is 53.6 Å². The normalized spacial score (nSPS) is 15.4. The van der Waals surface area contributed by atoms with E-state index in [0.717, 1.165) is 49.8 Å². The van der Waals surface area contributed by atoms with Crippen molar-refractivity contribution >= 4 is 23.0 Å². The molecule has 2 N–H and O–H groups in total. The number of rotatable bonds is 6. The van der Waals surface area contributed by atoms with Gasteiger partial charge in [0.25, 0.3) is 0 Å². The van der Waals surface area contributed by atoms with E-state index in [4.69, 9.17) is 4.74 Å². The quantitative estimate of drug-likeness (QED) is 0.834. The van der Waals surface area contributed by atoms with E-state index in [0.29, 0.717) is 0 Å². The van der Waals surface area contributed by atoms with E-state index in [1.54, 1.807) is 0 Å². The summed E-state index contributed by atoms with van der Waals surface area (Å²) < 4.78 is 5.38. The lowest BCUT2D eigenvalue weighted by Gasteiger charge is -2.29. The van der Waals surface area contributed by atoms with Gasteiger partial charge in [-0.15, -0.1) is 0 Å². The maximum atomic E-state index is 12.5. The van der Waals surface area contributed by atoms with E-state index < -0.39 is 0 Å². The summed E-state index contributed by atoms with van der Waals surface area (Å²) in [4.78, 5) is 14.7. The van der Waals surface area contributed by atoms with Crippen LogP contribution < -0.4 is 15.5 Å². The molecule has 1 amide bonds. The monoisotopic (exact) mass is 353 g/mol. The summed E-state index contributed by atoms with van der Waals surface area (Å²) in [5, 5.41) is 6.24. The van der Waals surface area contributed by atoms with Gasteiger partial charge in [0.2, 0.25) is 5.91 Å². The van der Waals surface area contributed by atoms with Crippen molar-refractivity contribution in [3.8, 4) is 0 Å². The average Bonchev–Trinajstić information content (AvgIpc) is 2.69. The predicted molar refractivity (Wildman–Crippen MR) is 107 cm³/mol. The molecular formula is C21H27N3O2. The fourth-order valence-corrected chi connectivity index (χ4v) is 3.02. The minimum atomic E-state index is -0.318. The molecule has 1 heterocycles. The number of nitrogens with zero attached hydrogens (tertiary/aromatic N) is 1. The van der Waals surface area contributed by atoms with Crippen LogP contribution in [0.3, 0.4) is 0 Å². The van der Waals surface area contributed by atoms with E-state index >= 15 is 0 Å². The van der Waals surface area contributed by atoms with Crippen molar-refractivity contribution in [1.82, 2.24) is 0 Å². The van der Waals surface area contributed by atoms with Crippen molar-refractivity contribution in [2.24, 2.45) is 0 Å². The van der Waals surface area contributed by atoms with Crippen molar-refractivity contribution in [2.75, 3.05) is 41.8 Å². The summed E-state index contributed by atoms with van der Waals surface area (Å²) in [6.45, 7) is 7.33. The molecule has 2 aromatic carbocycles. The van der Waals surface area contributed by atoms with Crippen LogP contribution in [0, 0.1) is 0 Å². The zero-order valence-corrected chi connectivity index (χ0v) is 15.5. The molecule has 3 rings (SSSR count). The van der Waals surface area contributed by atoms with Gasteiger partial charge < -0.3 is 20.3 Å². The molecule has 0 bridgehead atoms. The van der Waals surface area contributed by atoms with Crippen LogP contribution in [0.2, 0.25) is 0 Å². The molecule has 0 spiro atoms. The Bertz CT molecular complexity index is 724. The van der Waals surface area contributed by atoms with Crippen molar-refractivity contribution in [2.45, 2.75) is 26.3 Å². The summed E-state index contributed by atoms with van der Waals surface area (Å²) in [7, 11) is 0. The highest BCUT2D eigenvalue weighted by Gasteiger charge is 2.14. The number of anilines is 3. The molecule has 1 aliphatic heterocycles. The lowest BCUT2D eigenvalue weighted by atomic mass is 10.1. The number of hydrogen-bond acceptors (Lipinski definition) is 4. The smallest absolute Gasteiger partial charge is 0.246 e. The standard InChI is InChI=1S/C21H27N3O2/c1-3-17-5-4-6-19(15-17)22-16(2)21(25)23-18-7-9-20(10-8-18)24-11-13-26-14-12-24/h4-10,15-16,22H,3,11-14H2,1-2H3,(H,23,25)/t16-/m1/s1. The Labute approximate surface area is 155 Å². The molecule has 5 heteroatoms. The first-order valence-electron chi connectivity index (χ1n) is 9.25. The highest BCUT2D eigenvalue weighted by Crippen LogP contribution is 2.19. The second-order valence-electron chi connectivity index (χ2n) is 6.56. The Morgan fingerprint density at radius 2 is 1.85 bits per heavy atom. The van der Waals surface area contributed by atoms with Gasteiger partial charge in [-0.05, 0) is 55.3 Å². The third-order valence-corrected chi connectivity index (χ3v) is 4.62. The highest BCUT2D eigenvalue weighted by atomic mass is 16.5. The van der Waals surface area contributed by atoms with Crippen molar-refractivity contribution in [3.05, 3.63) is 54.1 Å². The third kappa shape index (κ3) is 4.76. The van der Waals surface area contributed by atoms with Gasteiger partial charge in [0.05, 0.1) is 13.2 Å². The van der Waals surface area contributed by atoms with Crippen LogP contribution in [0.4, 0.5) is 17.1 Å². The number of nitrogens with one attached hydrogen (secondary N) is 2. The van der Waals surface area contributed by atoms with Gasteiger partial charge in [-0.3, -0.25) is 4.79 Å². The Kier molecular flexibility index (Phi) is 6.12. The highest BCUT2D eigenvalue weighted by molar-refractivity contribution is 5.96. The Hall–Kier alpha value is -2.53. The first-order valence-corrected chi connectivity index (χ1v) is 9.25. The number of amides is 1. The number of hydrogen-bond donors (Lipinski definition) is 2. The first kappa shape index (κ1) is 18.3. The number of carbonyl (C=O) groups excluding carboxylic acids is 1. The van der Waals surface area contributed by atoms with Crippen LogP contribution in [-0.4, -0.2) is 38.3 Å². The average molecular weight is 353 g/mol. The van der Waals surface area contributed by atoms with Gasteiger partial charge in [-0.25, -0.2) is 0 Å². The van der Waals surface area contributed by atoms with E-state index in [1.165, 1.54) is 5.56 Å². The van der Waals surface area contributed by atoms with Gasteiger partial charge >= 0.3 is 0 Å². The maximum absolute atomic E-state index is 12.5. The predicted octanol–water partition coefficient (Wildman–Crippen LogP) is 3.52. The molecule has 0 radical (unpaired) electrons. The minimum absolute atomic E-state index is 0.0500. The third-order valence-electron chi connectivity index (χ3n) is 4.62. The summed E-state index contributed by atoms with van der Waals surface area (Å²) in [6.07, 6.45) is 0.978. The van der Waals surface area contributed by atoms with Crippen LogP contribution >= 0.6 is 0 Å². The molecule has 1 fully saturated rings. The zero-order chi connectivity index (χ0) is 18.4. The molecule has 26 heavy (non-hydrogen) atoms. The molecule has 0 aromatic heterocycles. The fraction of sp³-hybridized carbons (Fsp3) is 0.381. The van der Waals surface area contributed by atoms with Crippen molar-refractivity contribution in [1.29, 1.82) is 0 Å². The van der Waals surface area contributed by atoms with Crippen LogP contribution in [0.15, 0.2) is 48.5 Å². The second-order valence-corrected chi connectivity index (χ2v) is 6.56. The molecule has 1 saturated heterocycles. The molecule has 1 aliphatic rings. The molecule has 138 valence electrons. The molecule has 0 unspecified atom stereocenters. The van der Waals surface area contributed by atoms with Gasteiger partial charge in [-0.2, -0.15) is 0 Å². The molecule has 5 nitrogen and oxygen atoms in total. The van der Waals surface area contributed by atoms with Crippen molar-refractivity contribution in [3.63, 3.8) is 0 Å². The lowest BCUT2D eigenvalue weighted by Crippen LogP contribution is -2.36. The Balaban J connectivity index is 1.56. The van der Waals surface area contributed by atoms with Crippen LogP contribution in [-0.2, 0) is 16.0 Å². The minimum Gasteiger partial charge on any atom is -0.378 e. The number of benzene rings is 2. The maximum Gasteiger partial charge on any atom is 0.246 e. The second kappa shape index (κ2) is 8.72. The molecular weight excluding hydrogens is 326 g/mol. The molecule has 0 saturated carbocycles. The van der Waals surface area contributed by atoms with Crippen LogP contribution in [0.1, 0.15) is 19.4 Å². The van der Waals surface area contributed by atoms with Gasteiger partial charge in [-0.1, -0.05) is 19.1 Å². The van der Waals surface area contributed by atoms with E-state index in [1.807, 2.05) is 43.3 Å². The van der Waals surface area contributed by atoms with E-state index in [9.17, 15) is 4.79 Å². The lowest BCUT2D eigenvalue weighted by molar-refractivity contribution is -0.116. The summed E-state index contributed by atoms with van der Waals surface area (Å²) in [6, 6.07) is 15.8. The number of ether oxygens (including phenoxy) is 1. The summed E-state index contributed by atoms with van der Waals surface area (Å²) >= 11 is 0. The van der Waals surface area contributed by atoms with Gasteiger partial charge in [0.15, 0.2) is 0 Å². The van der Waals surface area contributed by atoms with Gasteiger partial charge in [0.1, 0.15) is 6.04 Å². The molecule has 0 aliphatic carbocycles. The van der Waals surface area contributed by atoms with Crippen molar-refractivity contribution < 1.29 is 9.53 Å². The Morgan fingerprint density at radius 3 is 2.54 bits per heavy atom. The molecule has 1 atom stereocenters. The van der Waals surface area contributed by atoms with Crippen LogP contribution in [0.25, 0.3) is 0 Å². The largest absolute Gasteiger partial charge is 0.378 e. The van der Waals surface area contributed by atoms with Gasteiger partial charge in [0, 0.05) is 30.2 Å². The van der Waals surface area contributed by atoms with Crippen LogP contribution in [0.5, 0.6) is 0 Å². The number of carbonyl (C=O) groups is 1. The fourth-order valence-electron chi connectivity index (χ4n) is 3.02. The van der Waals surface area contributed by atoms with E-state index in [-0.39, 0.29) is 11.9 Å². The van der Waals surface area contributed by atoms with E-state index in [2.05, 4.69) is 34.6 Å². The SMILES string of the molecule is CCc1cccc(N[C@H](C)C(=O)Nc2ccc(N3CCOCC3)cc2)c1. The summed E-state index contributed by atoms with van der Waals surface area (Å²) in [5.74, 6) is -0.0500. The number of aryl methyl sites for hydroxylation is 1.